The van der Waals surface area contributed by atoms with Crippen LogP contribution in [0.2, 0.25) is 36.3 Å². The van der Waals surface area contributed by atoms with Crippen LogP contribution in [0.5, 0.6) is 0 Å². The quantitative estimate of drug-likeness (QED) is 0.358. The van der Waals surface area contributed by atoms with Gasteiger partial charge in [-0.3, -0.25) is 9.36 Å². The van der Waals surface area contributed by atoms with Crippen LogP contribution in [0.1, 0.15) is 87.4 Å². The molecule has 46 heavy (non-hydrogen) atoms. The minimum Gasteiger partial charge on any atom is -0.443 e. The zero-order valence-electron chi connectivity index (χ0n) is 30.1. The van der Waals surface area contributed by atoms with E-state index in [1.807, 2.05) is 33.9 Å². The maximum atomic E-state index is 14.1. The Bertz CT molecular complexity index is 1550. The Balaban J connectivity index is 2.34. The predicted octanol–water partition coefficient (Wildman–Crippen LogP) is 5.22. The molecule has 0 N–H and O–H groups in total. The van der Waals surface area contributed by atoms with E-state index in [-0.39, 0.29) is 28.7 Å². The Morgan fingerprint density at radius 3 is 2.02 bits per heavy atom. The monoisotopic (exact) mass is 706 g/mol. The van der Waals surface area contributed by atoms with Gasteiger partial charge in [-0.15, -0.1) is 0 Å². The van der Waals surface area contributed by atoms with E-state index in [1.54, 1.807) is 27.7 Å². The molecule has 16 heteroatoms. The third-order valence-electron chi connectivity index (χ3n) is 9.50. The first-order valence-electron chi connectivity index (χ1n) is 15.6. The normalized spacial score (nSPS) is 27.6. The van der Waals surface area contributed by atoms with Crippen LogP contribution in [0.3, 0.4) is 0 Å². The number of aryl methyl sites for hydroxylation is 1. The molecule has 13 nitrogen and oxygen atoms in total. The molecule has 1 aromatic rings. The topological polar surface area (TPSA) is 151 Å². The molecule has 2 aliphatic rings. The van der Waals surface area contributed by atoms with Gasteiger partial charge in [0.15, 0.2) is 22.9 Å². The van der Waals surface area contributed by atoms with E-state index < -0.39 is 80.1 Å². The molecule has 1 aromatic heterocycles. The predicted molar refractivity (Wildman–Crippen MR) is 178 cm³/mol. The molecule has 1 spiro atoms. The van der Waals surface area contributed by atoms with Crippen LogP contribution in [-0.2, 0) is 37.1 Å². The summed E-state index contributed by atoms with van der Waals surface area (Å²) < 4.78 is 64.5. The van der Waals surface area contributed by atoms with Gasteiger partial charge in [0.2, 0.25) is 0 Å². The van der Waals surface area contributed by atoms with E-state index in [9.17, 15) is 22.8 Å². The number of carbonyl (C=O) groups is 1. The van der Waals surface area contributed by atoms with Crippen molar-refractivity contribution in [1.29, 1.82) is 0 Å². The maximum Gasteiger partial charge on any atom is 0.425 e. The van der Waals surface area contributed by atoms with Gasteiger partial charge in [-0.2, -0.15) is 13.0 Å². The highest BCUT2D eigenvalue weighted by Gasteiger charge is 2.66. The molecule has 0 unspecified atom stereocenters. The maximum absolute atomic E-state index is 14.1. The van der Waals surface area contributed by atoms with E-state index in [4.69, 9.17) is 26.7 Å². The van der Waals surface area contributed by atoms with Crippen LogP contribution < -0.4 is 11.2 Å². The molecular formula is C30H54N2O11SSi2. The summed E-state index contributed by atoms with van der Waals surface area (Å²) in [6.45, 7) is 28.3. The van der Waals surface area contributed by atoms with Crippen molar-refractivity contribution in [3.63, 3.8) is 0 Å². The third-order valence-corrected chi connectivity index (χ3v) is 19.5. The lowest BCUT2D eigenvalue weighted by Crippen LogP contribution is -2.62. The molecule has 2 saturated heterocycles. The van der Waals surface area contributed by atoms with Crippen molar-refractivity contribution in [2.45, 2.75) is 155 Å². The second-order valence-corrected chi connectivity index (χ2v) is 27.3. The fraction of sp³-hybridized carbons (Fsp3) is 0.833. The lowest BCUT2D eigenvalue weighted by atomic mass is 9.86. The fourth-order valence-corrected chi connectivity index (χ4v) is 8.41. The summed E-state index contributed by atoms with van der Waals surface area (Å²) >= 11 is 0. The van der Waals surface area contributed by atoms with Crippen LogP contribution in [0.15, 0.2) is 15.8 Å². The van der Waals surface area contributed by atoms with E-state index >= 15 is 0 Å². The fourth-order valence-electron chi connectivity index (χ4n) is 4.95. The van der Waals surface area contributed by atoms with Gasteiger partial charge in [0.25, 0.3) is 5.56 Å². The molecule has 0 amide bonds. The van der Waals surface area contributed by atoms with Gasteiger partial charge < -0.3 is 18.3 Å². The number of carbonyl (C=O) groups excluding carboxylic acids is 1. The summed E-state index contributed by atoms with van der Waals surface area (Å²) in [6, 6.07) is 0. The number of hydrogen-bond donors (Lipinski definition) is 0. The number of rotatable bonds is 6. The molecular weight excluding hydrogens is 653 g/mol. The molecule has 0 aliphatic carbocycles. The van der Waals surface area contributed by atoms with Crippen molar-refractivity contribution in [3.05, 3.63) is 32.6 Å². The van der Waals surface area contributed by atoms with Crippen LogP contribution in [0.4, 0.5) is 4.79 Å². The highest BCUT2D eigenvalue weighted by Crippen LogP contribution is 2.51. The molecule has 0 radical (unpaired) electrons. The molecule has 3 heterocycles. The van der Waals surface area contributed by atoms with E-state index in [1.165, 1.54) is 13.1 Å². The largest absolute Gasteiger partial charge is 0.443 e. The first-order valence-corrected chi connectivity index (χ1v) is 22.8. The Hall–Kier alpha value is -1.67. The van der Waals surface area contributed by atoms with Crippen molar-refractivity contribution < 1.29 is 39.9 Å². The van der Waals surface area contributed by atoms with Crippen LogP contribution in [0, 0.1) is 6.92 Å². The molecule has 2 aliphatic heterocycles. The Morgan fingerprint density at radius 2 is 1.54 bits per heavy atom. The second kappa shape index (κ2) is 12.3. The molecule has 0 bridgehead atoms. The minimum absolute atomic E-state index is 0.0347. The molecule has 2 fully saturated rings. The van der Waals surface area contributed by atoms with Gasteiger partial charge in [-0.05, 0) is 70.9 Å². The number of ether oxygens (including phenoxy) is 2. The molecule has 3 rings (SSSR count). The highest BCUT2D eigenvalue weighted by molar-refractivity contribution is 7.82. The van der Waals surface area contributed by atoms with Gasteiger partial charge in [0, 0.05) is 18.2 Å². The second-order valence-electron chi connectivity index (χ2n) is 16.6. The van der Waals surface area contributed by atoms with Crippen molar-refractivity contribution in [1.82, 2.24) is 9.13 Å². The molecule has 264 valence electrons. The Labute approximate surface area is 275 Å². The SMILES string of the molecule is Cc1cn([C@@H]2O[C@H](CO[Si](C)(C)C(C)(C)C)[C@@]3(C[C@@H](C)OS(=O)(=O)O3)[C@H]2O[Si](C)(C)C(C)(C)C)c(=O)n(C(=O)OC(C)(C)C)c1=O. The summed E-state index contributed by atoms with van der Waals surface area (Å²) in [7, 11) is -9.70. The zero-order valence-corrected chi connectivity index (χ0v) is 32.9. The zero-order chi connectivity index (χ0) is 35.6. The van der Waals surface area contributed by atoms with Crippen LogP contribution >= 0.6 is 0 Å². The summed E-state index contributed by atoms with van der Waals surface area (Å²) in [5.41, 5.74) is -4.49. The van der Waals surface area contributed by atoms with E-state index in [0.29, 0.717) is 4.57 Å². The minimum atomic E-state index is -4.54. The lowest BCUT2D eigenvalue weighted by molar-refractivity contribution is -0.114. The van der Waals surface area contributed by atoms with Crippen molar-refractivity contribution in [2.24, 2.45) is 0 Å². The van der Waals surface area contributed by atoms with Crippen molar-refractivity contribution in [2.75, 3.05) is 6.61 Å². The van der Waals surface area contributed by atoms with Crippen molar-refractivity contribution >= 4 is 33.1 Å². The number of nitrogens with zero attached hydrogens (tertiary/aromatic N) is 2. The average molecular weight is 707 g/mol. The van der Waals surface area contributed by atoms with E-state index in [2.05, 4.69) is 33.9 Å². The highest BCUT2D eigenvalue weighted by atomic mass is 32.3. The third kappa shape index (κ3) is 7.79. The van der Waals surface area contributed by atoms with Gasteiger partial charge in [0.05, 0.1) is 12.7 Å². The summed E-state index contributed by atoms with van der Waals surface area (Å²) in [4.78, 5) is 40.4. The van der Waals surface area contributed by atoms with Gasteiger partial charge in [-0.25, -0.2) is 18.0 Å². The first kappa shape index (κ1) is 38.8. The smallest absolute Gasteiger partial charge is 0.425 e. The molecule has 5 atom stereocenters. The first-order chi connectivity index (χ1) is 20.4. The Morgan fingerprint density at radius 1 is 1.00 bits per heavy atom. The van der Waals surface area contributed by atoms with E-state index in [0.717, 1.165) is 4.57 Å². The molecule has 0 aromatic carbocycles. The number of hydrogen-bond acceptors (Lipinski definition) is 11. The Kier molecular flexibility index (Phi) is 10.4. The summed E-state index contributed by atoms with van der Waals surface area (Å²) in [5.74, 6) is 0. The molecule has 0 saturated carbocycles. The lowest BCUT2D eigenvalue weighted by Gasteiger charge is -2.47. The standard InChI is InChI=1S/C30H54N2O11SSi2/c1-19-17-31(25(34)32(23(19)33)26(35)40-27(3,4)5)24-22(42-46(14,15)29(9,10)11)30(16-20(2)41-44(36,37)43-30)21(39-24)18-38-45(12,13)28(6,7)8/h17,20-22,24H,16,18H2,1-15H3/t20-,21-,22+,24-,30+/m1/s1. The summed E-state index contributed by atoms with van der Waals surface area (Å²) in [6.07, 6.45) is -4.20. The average Bonchev–Trinajstić information content (AvgIpc) is 3.07. The van der Waals surface area contributed by atoms with Gasteiger partial charge >= 0.3 is 22.2 Å². The number of aromatic nitrogens is 2. The van der Waals surface area contributed by atoms with Crippen LogP contribution in [0.25, 0.3) is 0 Å². The van der Waals surface area contributed by atoms with Crippen molar-refractivity contribution in [3.8, 4) is 0 Å². The van der Waals surface area contributed by atoms with Gasteiger partial charge in [0.1, 0.15) is 23.4 Å². The van der Waals surface area contributed by atoms with Crippen LogP contribution in [-0.4, -0.2) is 76.4 Å². The van der Waals surface area contributed by atoms with Gasteiger partial charge in [-0.1, -0.05) is 41.5 Å². The summed E-state index contributed by atoms with van der Waals surface area (Å²) in [5, 5.41) is -0.525.